The van der Waals surface area contributed by atoms with Crippen molar-refractivity contribution < 1.29 is 33.8 Å². The summed E-state index contributed by atoms with van der Waals surface area (Å²) < 4.78 is 5.08. The number of nitrogens with one attached hydrogen (secondary N) is 3. The molecule has 0 radical (unpaired) electrons. The molecule has 11 heteroatoms. The second kappa shape index (κ2) is 15.3. The van der Waals surface area contributed by atoms with E-state index in [2.05, 4.69) is 16.0 Å². The summed E-state index contributed by atoms with van der Waals surface area (Å²) >= 11 is 0. The summed E-state index contributed by atoms with van der Waals surface area (Å²) in [5.74, 6) is -2.90. The molecular formula is C20H36N4O7. The molecule has 0 aliphatic heterocycles. The van der Waals surface area contributed by atoms with Crippen molar-refractivity contribution in [1.82, 2.24) is 16.0 Å². The predicted molar refractivity (Wildman–Crippen MR) is 113 cm³/mol. The lowest BCUT2D eigenvalue weighted by atomic mass is 10.1. The summed E-state index contributed by atoms with van der Waals surface area (Å²) in [7, 11) is 0. The Labute approximate surface area is 182 Å². The van der Waals surface area contributed by atoms with E-state index in [-0.39, 0.29) is 24.5 Å². The Morgan fingerprint density at radius 1 is 0.935 bits per heavy atom. The monoisotopic (exact) mass is 444 g/mol. The highest BCUT2D eigenvalue weighted by atomic mass is 16.5. The van der Waals surface area contributed by atoms with Crippen molar-refractivity contribution in [3.63, 3.8) is 0 Å². The highest BCUT2D eigenvalue weighted by molar-refractivity contribution is 5.93. The van der Waals surface area contributed by atoms with Gasteiger partial charge in [0, 0.05) is 6.42 Å². The third kappa shape index (κ3) is 10.9. The average molecular weight is 445 g/mol. The van der Waals surface area contributed by atoms with E-state index in [1.807, 2.05) is 0 Å². The fourth-order valence-corrected chi connectivity index (χ4v) is 2.56. The van der Waals surface area contributed by atoms with E-state index in [4.69, 9.17) is 10.5 Å². The normalized spacial score (nSPS) is 14.5. The van der Waals surface area contributed by atoms with Crippen molar-refractivity contribution in [2.45, 2.75) is 84.0 Å². The molecule has 0 fully saturated rings. The van der Waals surface area contributed by atoms with Crippen LogP contribution in [0.3, 0.4) is 0 Å². The average Bonchev–Trinajstić information content (AvgIpc) is 2.74. The molecule has 0 saturated carbocycles. The number of esters is 1. The Kier molecular flexibility index (Phi) is 14.0. The van der Waals surface area contributed by atoms with Gasteiger partial charge in [0.05, 0.1) is 12.6 Å². The van der Waals surface area contributed by atoms with E-state index in [1.165, 1.54) is 13.8 Å². The molecule has 0 aliphatic carbocycles. The number of carbonyl (C=O) groups excluding carboxylic acids is 5. The highest BCUT2D eigenvalue weighted by Gasteiger charge is 2.29. The van der Waals surface area contributed by atoms with Crippen LogP contribution in [0.25, 0.3) is 0 Å². The summed E-state index contributed by atoms with van der Waals surface area (Å²) in [6.45, 7) is 5.71. The molecule has 11 nitrogen and oxygen atoms in total. The van der Waals surface area contributed by atoms with Crippen LogP contribution in [0.2, 0.25) is 0 Å². The minimum Gasteiger partial charge on any atom is -0.451 e. The molecule has 0 aromatic heterocycles. The molecule has 0 aliphatic rings. The van der Waals surface area contributed by atoms with Gasteiger partial charge >= 0.3 is 5.97 Å². The Morgan fingerprint density at radius 2 is 1.55 bits per heavy atom. The van der Waals surface area contributed by atoms with Crippen LogP contribution in [0.5, 0.6) is 0 Å². The third-order valence-electron chi connectivity index (χ3n) is 4.58. The molecule has 0 rings (SSSR count). The van der Waals surface area contributed by atoms with Crippen molar-refractivity contribution in [2.75, 3.05) is 13.2 Å². The van der Waals surface area contributed by atoms with Gasteiger partial charge in [0.25, 0.3) is 5.91 Å². The number of ether oxygens (including phenoxy) is 1. The number of nitrogens with two attached hydrogens (primary N) is 1. The van der Waals surface area contributed by atoms with Gasteiger partial charge in [-0.15, -0.1) is 0 Å². The lowest BCUT2D eigenvalue weighted by Gasteiger charge is -2.23. The molecule has 0 aromatic rings. The number of amides is 3. The van der Waals surface area contributed by atoms with Gasteiger partial charge < -0.3 is 31.5 Å². The topological polar surface area (TPSA) is 177 Å². The van der Waals surface area contributed by atoms with Crippen molar-refractivity contribution in [3.8, 4) is 0 Å². The molecule has 178 valence electrons. The van der Waals surface area contributed by atoms with Crippen LogP contribution >= 0.6 is 0 Å². The molecule has 31 heavy (non-hydrogen) atoms. The SMILES string of the molecule is CCC(=O)N[C@@H](CC)C(=O)O[C@@H](C)C(=O)N[C@@H](CO)C(=O)N[C@H](CCCCN)C(C)=O. The summed E-state index contributed by atoms with van der Waals surface area (Å²) in [5.41, 5.74) is 5.43. The van der Waals surface area contributed by atoms with Crippen molar-refractivity contribution >= 4 is 29.5 Å². The van der Waals surface area contributed by atoms with E-state index in [0.29, 0.717) is 25.8 Å². The van der Waals surface area contributed by atoms with Crippen molar-refractivity contribution in [2.24, 2.45) is 5.73 Å². The van der Waals surface area contributed by atoms with Crippen molar-refractivity contribution in [1.29, 1.82) is 0 Å². The summed E-state index contributed by atoms with van der Waals surface area (Å²) in [6, 6.07) is -2.98. The number of rotatable bonds is 15. The Bertz CT molecular complexity index is 627. The first-order valence-electron chi connectivity index (χ1n) is 10.5. The van der Waals surface area contributed by atoms with Crippen LogP contribution in [-0.2, 0) is 28.7 Å². The lowest BCUT2D eigenvalue weighted by molar-refractivity contribution is -0.158. The Balaban J connectivity index is 4.87. The maximum atomic E-state index is 12.4. The predicted octanol–water partition coefficient (Wildman–Crippen LogP) is -1.10. The van der Waals surface area contributed by atoms with Crippen LogP contribution in [0, 0.1) is 0 Å². The molecule has 4 atom stereocenters. The lowest BCUT2D eigenvalue weighted by Crippen LogP contribution is -2.55. The van der Waals surface area contributed by atoms with Crippen LogP contribution in [0.15, 0.2) is 0 Å². The van der Waals surface area contributed by atoms with Gasteiger partial charge in [-0.2, -0.15) is 0 Å². The van der Waals surface area contributed by atoms with E-state index >= 15 is 0 Å². The van der Waals surface area contributed by atoms with Gasteiger partial charge in [0.1, 0.15) is 12.1 Å². The molecule has 0 heterocycles. The van der Waals surface area contributed by atoms with Gasteiger partial charge in [-0.05, 0) is 46.1 Å². The van der Waals surface area contributed by atoms with Crippen LogP contribution in [0.1, 0.15) is 59.8 Å². The number of aliphatic hydroxyl groups is 1. The van der Waals surface area contributed by atoms with Crippen LogP contribution < -0.4 is 21.7 Å². The first kappa shape index (κ1) is 28.5. The molecule has 0 aromatic carbocycles. The van der Waals surface area contributed by atoms with E-state index in [1.54, 1.807) is 13.8 Å². The highest BCUT2D eigenvalue weighted by Crippen LogP contribution is 2.04. The van der Waals surface area contributed by atoms with Gasteiger partial charge in [-0.3, -0.25) is 19.2 Å². The number of carbonyl (C=O) groups is 5. The zero-order chi connectivity index (χ0) is 24.0. The maximum absolute atomic E-state index is 12.4. The van der Waals surface area contributed by atoms with Crippen LogP contribution in [0.4, 0.5) is 0 Å². The number of hydrogen-bond donors (Lipinski definition) is 5. The molecular weight excluding hydrogens is 408 g/mol. The standard InChI is InChI=1S/C20H36N4O7/c1-5-14(22-17(27)6-2)20(30)31-13(4)18(28)24-16(11-25)19(29)23-15(12(3)26)9-7-8-10-21/h13-16,25H,5-11,21H2,1-4H3,(H,22,27)(H,23,29)(H,24,28)/t13-,14-,15+,16-/m0/s1. The Hall–Kier alpha value is -2.53. The minimum absolute atomic E-state index is 0.195. The largest absolute Gasteiger partial charge is 0.451 e. The van der Waals surface area contributed by atoms with Gasteiger partial charge in [0.2, 0.25) is 11.8 Å². The van der Waals surface area contributed by atoms with Gasteiger partial charge in [0.15, 0.2) is 11.9 Å². The third-order valence-corrected chi connectivity index (χ3v) is 4.58. The molecule has 6 N–H and O–H groups in total. The van der Waals surface area contributed by atoms with Crippen LogP contribution in [-0.4, -0.2) is 72.0 Å². The summed E-state index contributed by atoms with van der Waals surface area (Å²) in [6.07, 6.45) is 0.922. The molecule has 3 amide bonds. The first-order valence-corrected chi connectivity index (χ1v) is 10.5. The minimum atomic E-state index is -1.33. The number of ketones is 1. The fourth-order valence-electron chi connectivity index (χ4n) is 2.56. The quantitative estimate of drug-likeness (QED) is 0.156. The van der Waals surface area contributed by atoms with E-state index < -0.39 is 48.6 Å². The number of Topliss-reactive ketones (excluding diaryl/α,β-unsaturated/α-hetero) is 1. The van der Waals surface area contributed by atoms with Gasteiger partial charge in [-0.25, -0.2) is 4.79 Å². The van der Waals surface area contributed by atoms with Crippen molar-refractivity contribution in [3.05, 3.63) is 0 Å². The maximum Gasteiger partial charge on any atom is 0.329 e. The number of hydrogen-bond acceptors (Lipinski definition) is 8. The molecule has 0 unspecified atom stereocenters. The van der Waals surface area contributed by atoms with E-state index in [0.717, 1.165) is 0 Å². The molecule has 0 saturated heterocycles. The zero-order valence-electron chi connectivity index (χ0n) is 18.7. The second-order valence-electron chi connectivity index (χ2n) is 7.16. The summed E-state index contributed by atoms with van der Waals surface area (Å²) in [4.78, 5) is 60.1. The van der Waals surface area contributed by atoms with E-state index in [9.17, 15) is 29.1 Å². The summed E-state index contributed by atoms with van der Waals surface area (Å²) in [5, 5.41) is 16.8. The number of unbranched alkanes of at least 4 members (excludes halogenated alkanes) is 1. The zero-order valence-corrected chi connectivity index (χ0v) is 18.7. The Morgan fingerprint density at radius 3 is 2.03 bits per heavy atom. The first-order chi connectivity index (χ1) is 14.6. The molecule has 0 bridgehead atoms. The fraction of sp³-hybridized carbons (Fsp3) is 0.750. The van der Waals surface area contributed by atoms with Gasteiger partial charge in [-0.1, -0.05) is 13.8 Å². The second-order valence-corrected chi connectivity index (χ2v) is 7.16. The smallest absolute Gasteiger partial charge is 0.329 e. The number of aliphatic hydroxyl groups excluding tert-OH is 1. The molecule has 0 spiro atoms.